The summed E-state index contributed by atoms with van der Waals surface area (Å²) >= 11 is 0. The molecule has 0 radical (unpaired) electrons. The zero-order chi connectivity index (χ0) is 12.0. The number of imidazole rings is 1. The number of hydrogen-bond donors (Lipinski definition) is 1. The Balaban J connectivity index is 2.33. The number of unbranched alkanes of at least 4 members (excludes halogenated alkanes) is 2. The van der Waals surface area contributed by atoms with Crippen LogP contribution in [0, 0.1) is 0 Å². The van der Waals surface area contributed by atoms with Crippen molar-refractivity contribution in [2.24, 2.45) is 7.05 Å². The summed E-state index contributed by atoms with van der Waals surface area (Å²) in [5, 5.41) is 10.2. The second-order valence-electron chi connectivity index (χ2n) is 4.91. The molecule has 0 bridgehead atoms. The third-order valence-electron chi connectivity index (χ3n) is 3.13. The van der Waals surface area contributed by atoms with Gasteiger partial charge in [-0.2, -0.15) is 0 Å². The minimum Gasteiger partial charge on any atom is -0.390 e. The molecule has 1 N–H and O–H groups in total. The SMILES string of the molecule is CCCCCC(C)(O)CCc1nccn1C. The minimum absolute atomic E-state index is 0.541. The van der Waals surface area contributed by atoms with Gasteiger partial charge in [0, 0.05) is 25.9 Å². The molecule has 16 heavy (non-hydrogen) atoms. The lowest BCUT2D eigenvalue weighted by Crippen LogP contribution is -2.25. The zero-order valence-corrected chi connectivity index (χ0v) is 10.7. The summed E-state index contributed by atoms with van der Waals surface area (Å²) in [6, 6.07) is 0. The van der Waals surface area contributed by atoms with Crippen molar-refractivity contribution < 1.29 is 5.11 Å². The Bertz CT molecular complexity index is 305. The number of nitrogens with zero attached hydrogens (tertiary/aromatic N) is 2. The third-order valence-corrected chi connectivity index (χ3v) is 3.13. The Morgan fingerprint density at radius 3 is 2.69 bits per heavy atom. The van der Waals surface area contributed by atoms with E-state index in [1.54, 1.807) is 6.20 Å². The quantitative estimate of drug-likeness (QED) is 0.723. The van der Waals surface area contributed by atoms with E-state index in [9.17, 15) is 5.11 Å². The van der Waals surface area contributed by atoms with E-state index in [0.29, 0.717) is 0 Å². The van der Waals surface area contributed by atoms with Crippen LogP contribution in [0.4, 0.5) is 0 Å². The molecule has 92 valence electrons. The van der Waals surface area contributed by atoms with Crippen LogP contribution < -0.4 is 0 Å². The standard InChI is InChI=1S/C13H24N2O/c1-4-5-6-8-13(2,16)9-7-12-14-10-11-15(12)3/h10-11,16H,4-9H2,1-3H3. The first-order chi connectivity index (χ1) is 7.55. The van der Waals surface area contributed by atoms with E-state index in [2.05, 4.69) is 11.9 Å². The highest BCUT2D eigenvalue weighted by Gasteiger charge is 2.20. The molecule has 1 rings (SSSR count). The second kappa shape index (κ2) is 6.04. The molecule has 0 saturated heterocycles. The monoisotopic (exact) mass is 224 g/mol. The molecular weight excluding hydrogens is 200 g/mol. The molecule has 0 aliphatic rings. The lowest BCUT2D eigenvalue weighted by atomic mass is 9.93. The molecular formula is C13H24N2O. The van der Waals surface area contributed by atoms with Gasteiger partial charge < -0.3 is 9.67 Å². The molecule has 1 atom stereocenters. The van der Waals surface area contributed by atoms with Gasteiger partial charge in [-0.15, -0.1) is 0 Å². The molecule has 0 aliphatic heterocycles. The van der Waals surface area contributed by atoms with Crippen molar-refractivity contribution in [2.45, 2.75) is 58.0 Å². The summed E-state index contributed by atoms with van der Waals surface area (Å²) in [6.45, 7) is 4.12. The van der Waals surface area contributed by atoms with Gasteiger partial charge in [0.2, 0.25) is 0 Å². The van der Waals surface area contributed by atoms with Gasteiger partial charge in [-0.1, -0.05) is 26.2 Å². The molecule has 1 unspecified atom stereocenters. The normalized spacial score (nSPS) is 15.0. The van der Waals surface area contributed by atoms with Gasteiger partial charge in [0.25, 0.3) is 0 Å². The molecule has 0 fully saturated rings. The maximum Gasteiger partial charge on any atom is 0.108 e. The fourth-order valence-corrected chi connectivity index (χ4v) is 1.90. The largest absolute Gasteiger partial charge is 0.390 e. The van der Waals surface area contributed by atoms with Crippen molar-refractivity contribution in [1.82, 2.24) is 9.55 Å². The van der Waals surface area contributed by atoms with E-state index in [4.69, 9.17) is 0 Å². The Kier molecular flexibility index (Phi) is 5.00. The van der Waals surface area contributed by atoms with E-state index in [1.165, 1.54) is 12.8 Å². The number of aryl methyl sites for hydroxylation is 2. The zero-order valence-electron chi connectivity index (χ0n) is 10.7. The van der Waals surface area contributed by atoms with E-state index in [-0.39, 0.29) is 0 Å². The van der Waals surface area contributed by atoms with Crippen molar-refractivity contribution in [3.05, 3.63) is 18.2 Å². The van der Waals surface area contributed by atoms with Gasteiger partial charge in [0.05, 0.1) is 5.60 Å². The fraction of sp³-hybridized carbons (Fsp3) is 0.769. The van der Waals surface area contributed by atoms with Gasteiger partial charge in [-0.25, -0.2) is 4.98 Å². The fourth-order valence-electron chi connectivity index (χ4n) is 1.90. The highest BCUT2D eigenvalue weighted by Crippen LogP contribution is 2.20. The van der Waals surface area contributed by atoms with Crippen LogP contribution >= 0.6 is 0 Å². The van der Waals surface area contributed by atoms with Gasteiger partial charge in [-0.05, 0) is 19.8 Å². The predicted molar refractivity (Wildman–Crippen MR) is 66.3 cm³/mol. The van der Waals surface area contributed by atoms with Gasteiger partial charge in [-0.3, -0.25) is 0 Å². The van der Waals surface area contributed by atoms with Crippen LogP contribution in [0.1, 0.15) is 51.8 Å². The van der Waals surface area contributed by atoms with Crippen LogP contribution in [0.2, 0.25) is 0 Å². The molecule has 3 nitrogen and oxygen atoms in total. The Morgan fingerprint density at radius 2 is 2.12 bits per heavy atom. The van der Waals surface area contributed by atoms with Gasteiger partial charge >= 0.3 is 0 Å². The summed E-state index contributed by atoms with van der Waals surface area (Å²) in [5.41, 5.74) is -0.541. The van der Waals surface area contributed by atoms with E-state index in [1.807, 2.05) is 24.7 Å². The van der Waals surface area contributed by atoms with Crippen LogP contribution in [0.15, 0.2) is 12.4 Å². The Hall–Kier alpha value is -0.830. The molecule has 0 aliphatic carbocycles. The van der Waals surface area contributed by atoms with Crippen molar-refractivity contribution in [2.75, 3.05) is 0 Å². The van der Waals surface area contributed by atoms with Crippen LogP contribution in [0.25, 0.3) is 0 Å². The molecule has 0 amide bonds. The summed E-state index contributed by atoms with van der Waals surface area (Å²) in [4.78, 5) is 4.27. The van der Waals surface area contributed by atoms with Crippen molar-refractivity contribution in [1.29, 1.82) is 0 Å². The molecule has 1 aromatic rings. The van der Waals surface area contributed by atoms with E-state index >= 15 is 0 Å². The lowest BCUT2D eigenvalue weighted by Gasteiger charge is -2.22. The molecule has 3 heteroatoms. The van der Waals surface area contributed by atoms with Crippen LogP contribution in [0.3, 0.4) is 0 Å². The Morgan fingerprint density at radius 1 is 1.38 bits per heavy atom. The number of hydrogen-bond acceptors (Lipinski definition) is 2. The molecule has 1 aromatic heterocycles. The smallest absolute Gasteiger partial charge is 0.108 e. The third kappa shape index (κ3) is 4.35. The van der Waals surface area contributed by atoms with Crippen LogP contribution in [0.5, 0.6) is 0 Å². The maximum absolute atomic E-state index is 10.2. The number of rotatable bonds is 7. The summed E-state index contributed by atoms with van der Waals surface area (Å²) in [7, 11) is 1.99. The minimum atomic E-state index is -0.541. The van der Waals surface area contributed by atoms with E-state index < -0.39 is 5.60 Å². The highest BCUT2D eigenvalue weighted by molar-refractivity contribution is 4.92. The van der Waals surface area contributed by atoms with Crippen molar-refractivity contribution in [3.63, 3.8) is 0 Å². The topological polar surface area (TPSA) is 38.1 Å². The van der Waals surface area contributed by atoms with Crippen molar-refractivity contribution >= 4 is 0 Å². The first-order valence-corrected chi connectivity index (χ1v) is 6.24. The number of aromatic nitrogens is 2. The molecule has 0 aromatic carbocycles. The van der Waals surface area contributed by atoms with Crippen molar-refractivity contribution in [3.8, 4) is 0 Å². The first-order valence-electron chi connectivity index (χ1n) is 6.24. The van der Waals surface area contributed by atoms with Gasteiger partial charge in [0.15, 0.2) is 0 Å². The number of aliphatic hydroxyl groups is 1. The summed E-state index contributed by atoms with van der Waals surface area (Å²) in [6.07, 6.45) is 9.82. The van der Waals surface area contributed by atoms with Crippen LogP contribution in [-0.4, -0.2) is 20.3 Å². The summed E-state index contributed by atoms with van der Waals surface area (Å²) in [5.74, 6) is 1.05. The average Bonchev–Trinajstić information content (AvgIpc) is 2.62. The molecule has 0 saturated carbocycles. The highest BCUT2D eigenvalue weighted by atomic mass is 16.3. The first kappa shape index (κ1) is 13.2. The molecule has 0 spiro atoms. The summed E-state index contributed by atoms with van der Waals surface area (Å²) < 4.78 is 2.02. The van der Waals surface area contributed by atoms with E-state index in [0.717, 1.165) is 31.5 Å². The maximum atomic E-state index is 10.2. The lowest BCUT2D eigenvalue weighted by molar-refractivity contribution is 0.0390. The Labute approximate surface area is 98.5 Å². The van der Waals surface area contributed by atoms with Gasteiger partial charge in [0.1, 0.15) is 5.82 Å². The second-order valence-corrected chi connectivity index (χ2v) is 4.91. The van der Waals surface area contributed by atoms with Crippen LogP contribution in [-0.2, 0) is 13.5 Å². The average molecular weight is 224 g/mol. The predicted octanol–water partition coefficient (Wildman–Crippen LogP) is 2.68. The molecule has 1 heterocycles.